The Morgan fingerprint density at radius 2 is 1.62 bits per heavy atom. The van der Waals surface area contributed by atoms with Gasteiger partial charge in [-0.25, -0.2) is 19.9 Å². The molecule has 2 unspecified atom stereocenters. The van der Waals surface area contributed by atoms with Gasteiger partial charge in [-0.05, 0) is 69.7 Å². The molecule has 3 aliphatic rings. The van der Waals surface area contributed by atoms with Gasteiger partial charge in [0.1, 0.15) is 17.0 Å². The first-order valence-corrected chi connectivity index (χ1v) is 14.2. The Bertz CT molecular complexity index is 1450. The molecule has 1 amide bonds. The Balaban J connectivity index is 1.03. The molecule has 9 heteroatoms. The summed E-state index contributed by atoms with van der Waals surface area (Å²) in [6.45, 7) is 4.34. The van der Waals surface area contributed by atoms with Crippen molar-refractivity contribution in [2.45, 2.75) is 70.1 Å². The Morgan fingerprint density at radius 1 is 0.872 bits per heavy atom. The molecule has 7 heterocycles. The van der Waals surface area contributed by atoms with E-state index >= 15 is 0 Å². The summed E-state index contributed by atoms with van der Waals surface area (Å²) in [4.78, 5) is 41.3. The van der Waals surface area contributed by atoms with E-state index < -0.39 is 0 Å². The van der Waals surface area contributed by atoms with E-state index in [9.17, 15) is 4.79 Å². The lowest BCUT2D eigenvalue weighted by Gasteiger charge is -2.41. The summed E-state index contributed by atoms with van der Waals surface area (Å²) in [5, 5.41) is 0. The number of carbonyl (C=O) groups excluding carboxylic acids is 1. The van der Waals surface area contributed by atoms with Crippen molar-refractivity contribution in [2.75, 3.05) is 13.1 Å². The molecule has 4 aromatic heterocycles. The summed E-state index contributed by atoms with van der Waals surface area (Å²) < 4.78 is 2.26. The zero-order valence-corrected chi connectivity index (χ0v) is 22.4. The van der Waals surface area contributed by atoms with Crippen LogP contribution in [0.1, 0.15) is 56.0 Å². The van der Waals surface area contributed by atoms with E-state index in [0.717, 1.165) is 79.4 Å². The van der Waals surface area contributed by atoms with Crippen molar-refractivity contribution in [3.8, 4) is 11.5 Å². The van der Waals surface area contributed by atoms with Crippen molar-refractivity contribution in [1.82, 2.24) is 39.3 Å². The highest BCUT2D eigenvalue weighted by atomic mass is 16.2. The molecular weight excluding hydrogens is 488 g/mol. The topological polar surface area (TPSA) is 92.9 Å². The maximum atomic E-state index is 13.7. The summed E-state index contributed by atoms with van der Waals surface area (Å²) in [5.74, 6) is 2.14. The van der Waals surface area contributed by atoms with Crippen LogP contribution in [-0.4, -0.2) is 70.4 Å². The number of hydrogen-bond acceptors (Lipinski definition) is 7. The van der Waals surface area contributed by atoms with Crippen molar-refractivity contribution in [2.24, 2.45) is 5.92 Å². The van der Waals surface area contributed by atoms with Gasteiger partial charge in [-0.3, -0.25) is 14.7 Å². The van der Waals surface area contributed by atoms with Crippen LogP contribution >= 0.6 is 0 Å². The fourth-order valence-corrected chi connectivity index (χ4v) is 7.00. The normalized spacial score (nSPS) is 23.9. The monoisotopic (exact) mass is 522 g/mol. The lowest BCUT2D eigenvalue weighted by atomic mass is 9.88. The van der Waals surface area contributed by atoms with Gasteiger partial charge in [0.2, 0.25) is 5.91 Å². The van der Waals surface area contributed by atoms with Crippen molar-refractivity contribution >= 4 is 17.1 Å². The van der Waals surface area contributed by atoms with Gasteiger partial charge in [-0.2, -0.15) is 0 Å². The van der Waals surface area contributed by atoms with Gasteiger partial charge in [-0.1, -0.05) is 6.07 Å². The predicted octanol–water partition coefficient (Wildman–Crippen LogP) is 4.20. The van der Waals surface area contributed by atoms with Crippen LogP contribution in [0.25, 0.3) is 22.7 Å². The molecule has 200 valence electrons. The molecule has 3 fully saturated rings. The lowest BCUT2D eigenvalue weighted by molar-refractivity contribution is -0.139. The Hall–Kier alpha value is -3.72. The van der Waals surface area contributed by atoms with E-state index in [1.54, 1.807) is 6.20 Å². The molecule has 2 atom stereocenters. The fourth-order valence-electron chi connectivity index (χ4n) is 7.00. The number of fused-ring (bicyclic) bond motifs is 3. The van der Waals surface area contributed by atoms with Crippen LogP contribution in [0.2, 0.25) is 0 Å². The SMILES string of the molecule is Cc1ncc(CN2C3CCC2CC(C(=O)N2CCC(n4c(-c5ccccn5)nc5cccnc54)CC2)C3)cn1. The van der Waals surface area contributed by atoms with Gasteiger partial charge < -0.3 is 9.47 Å². The second kappa shape index (κ2) is 10.1. The average molecular weight is 523 g/mol. The van der Waals surface area contributed by atoms with Gasteiger partial charge in [-0.15, -0.1) is 0 Å². The highest BCUT2D eigenvalue weighted by Crippen LogP contribution is 2.41. The minimum absolute atomic E-state index is 0.129. The van der Waals surface area contributed by atoms with E-state index in [4.69, 9.17) is 4.98 Å². The number of likely N-dealkylation sites (tertiary alicyclic amines) is 1. The van der Waals surface area contributed by atoms with Crippen molar-refractivity contribution in [1.29, 1.82) is 0 Å². The van der Waals surface area contributed by atoms with Crippen LogP contribution in [0.5, 0.6) is 0 Å². The first-order valence-electron chi connectivity index (χ1n) is 14.2. The van der Waals surface area contributed by atoms with Crippen LogP contribution in [0.15, 0.2) is 55.1 Å². The first kappa shape index (κ1) is 24.3. The maximum Gasteiger partial charge on any atom is 0.225 e. The van der Waals surface area contributed by atoms with Crippen molar-refractivity contribution < 1.29 is 4.79 Å². The largest absolute Gasteiger partial charge is 0.342 e. The van der Waals surface area contributed by atoms with E-state index in [-0.39, 0.29) is 12.0 Å². The van der Waals surface area contributed by atoms with Crippen molar-refractivity contribution in [3.05, 3.63) is 66.5 Å². The maximum absolute atomic E-state index is 13.7. The molecule has 4 aromatic rings. The van der Waals surface area contributed by atoms with E-state index in [2.05, 4.69) is 34.3 Å². The van der Waals surface area contributed by atoms with Gasteiger partial charge in [0.15, 0.2) is 11.5 Å². The second-order valence-electron chi connectivity index (χ2n) is 11.3. The summed E-state index contributed by atoms with van der Waals surface area (Å²) >= 11 is 0. The molecule has 0 aliphatic carbocycles. The molecule has 0 radical (unpaired) electrons. The summed E-state index contributed by atoms with van der Waals surface area (Å²) in [6.07, 6.45) is 13.6. The highest BCUT2D eigenvalue weighted by Gasteiger charge is 2.44. The number of carbonyl (C=O) groups is 1. The third-order valence-corrected chi connectivity index (χ3v) is 8.92. The quantitative estimate of drug-likeness (QED) is 0.388. The number of aryl methyl sites for hydroxylation is 1. The number of nitrogens with zero attached hydrogens (tertiary/aromatic N) is 8. The van der Waals surface area contributed by atoms with E-state index in [0.29, 0.717) is 18.0 Å². The van der Waals surface area contributed by atoms with Gasteiger partial charge in [0, 0.05) is 74.0 Å². The second-order valence-corrected chi connectivity index (χ2v) is 11.3. The Morgan fingerprint density at radius 3 is 2.33 bits per heavy atom. The molecule has 3 aliphatic heterocycles. The number of aromatic nitrogens is 6. The molecule has 3 saturated heterocycles. The third-order valence-electron chi connectivity index (χ3n) is 8.92. The number of amides is 1. The number of imidazole rings is 1. The van der Waals surface area contributed by atoms with Gasteiger partial charge in [0.25, 0.3) is 0 Å². The first-order chi connectivity index (χ1) is 19.1. The molecule has 39 heavy (non-hydrogen) atoms. The molecular formula is C30H34N8O. The van der Waals surface area contributed by atoms with Crippen LogP contribution in [0.4, 0.5) is 0 Å². The summed E-state index contributed by atoms with van der Waals surface area (Å²) in [5.41, 5.74) is 3.80. The predicted molar refractivity (Wildman–Crippen MR) is 147 cm³/mol. The molecule has 2 bridgehead atoms. The number of pyridine rings is 2. The van der Waals surface area contributed by atoms with E-state index in [1.165, 1.54) is 12.8 Å². The van der Waals surface area contributed by atoms with E-state index in [1.807, 2.05) is 55.8 Å². The number of rotatable bonds is 5. The van der Waals surface area contributed by atoms with Crippen LogP contribution in [-0.2, 0) is 11.3 Å². The van der Waals surface area contributed by atoms with Crippen LogP contribution in [0, 0.1) is 12.8 Å². The third kappa shape index (κ3) is 4.58. The molecule has 7 rings (SSSR count). The van der Waals surface area contributed by atoms with Crippen LogP contribution in [0.3, 0.4) is 0 Å². The molecule has 0 aromatic carbocycles. The standard InChI is InChI=1S/C30H34N8O/c1-20-33-17-21(18-34-20)19-37-24-7-8-25(37)16-22(15-24)30(39)36-13-9-23(10-14-36)38-28-27(6-4-12-32-28)35-29(38)26-5-2-3-11-31-26/h2-6,11-12,17-18,22-25H,7-10,13-16,19H2,1H3. The minimum atomic E-state index is 0.129. The number of hydrogen-bond donors (Lipinski definition) is 0. The summed E-state index contributed by atoms with van der Waals surface area (Å²) in [7, 11) is 0. The zero-order valence-electron chi connectivity index (χ0n) is 22.4. The molecule has 0 N–H and O–H groups in total. The average Bonchev–Trinajstić information content (AvgIpc) is 3.47. The zero-order chi connectivity index (χ0) is 26.3. The Labute approximate surface area is 228 Å². The van der Waals surface area contributed by atoms with Gasteiger partial charge in [0.05, 0.1) is 0 Å². The molecule has 0 saturated carbocycles. The number of piperidine rings is 2. The molecule has 0 spiro atoms. The van der Waals surface area contributed by atoms with Gasteiger partial charge >= 0.3 is 0 Å². The fraction of sp³-hybridized carbons (Fsp3) is 0.467. The highest BCUT2D eigenvalue weighted by molar-refractivity contribution is 5.79. The Kier molecular flexibility index (Phi) is 6.31. The van der Waals surface area contributed by atoms with Crippen LogP contribution < -0.4 is 0 Å². The van der Waals surface area contributed by atoms with Crippen molar-refractivity contribution in [3.63, 3.8) is 0 Å². The smallest absolute Gasteiger partial charge is 0.225 e. The minimum Gasteiger partial charge on any atom is -0.342 e. The molecule has 9 nitrogen and oxygen atoms in total. The lowest BCUT2D eigenvalue weighted by Crippen LogP contribution is -2.49. The summed E-state index contributed by atoms with van der Waals surface area (Å²) in [6, 6.07) is 11.0.